The zero-order chi connectivity index (χ0) is 24.8. The maximum atomic E-state index is 11.5. The molecule has 3 aromatic carbocycles. The summed E-state index contributed by atoms with van der Waals surface area (Å²) in [6.45, 7) is 7.25. The molecule has 4 rings (SSSR count). The van der Waals surface area contributed by atoms with Gasteiger partial charge in [0.25, 0.3) is 0 Å². The van der Waals surface area contributed by atoms with Gasteiger partial charge in [0, 0.05) is 37.1 Å². The monoisotopic (exact) mass is 472 g/mol. The lowest BCUT2D eigenvalue weighted by Gasteiger charge is -2.42. The van der Waals surface area contributed by atoms with Gasteiger partial charge in [-0.05, 0) is 67.4 Å². The highest BCUT2D eigenvalue weighted by Crippen LogP contribution is 2.23. The third-order valence-electron chi connectivity index (χ3n) is 6.17. The number of guanidine groups is 1. The number of rotatable bonds is 6. The van der Waals surface area contributed by atoms with Crippen molar-refractivity contribution in [3.63, 3.8) is 0 Å². The molecular formula is C28H32N4O3. The topological polar surface area (TPSA) is 77.4 Å². The van der Waals surface area contributed by atoms with E-state index in [1.165, 1.54) is 11.3 Å². The maximum Gasteiger partial charge on any atom is 0.335 e. The molecule has 1 heterocycles. The van der Waals surface area contributed by atoms with Crippen molar-refractivity contribution in [2.24, 2.45) is 4.99 Å². The van der Waals surface area contributed by atoms with Gasteiger partial charge in [-0.25, -0.2) is 9.79 Å². The molecule has 1 aliphatic rings. The van der Waals surface area contributed by atoms with E-state index in [2.05, 4.69) is 53.2 Å². The van der Waals surface area contributed by atoms with Gasteiger partial charge < -0.3 is 25.0 Å². The summed E-state index contributed by atoms with van der Waals surface area (Å²) in [5.74, 6) is 0.566. The summed E-state index contributed by atoms with van der Waals surface area (Å²) in [6, 6.07) is 23.6. The Kier molecular flexibility index (Phi) is 7.55. The van der Waals surface area contributed by atoms with E-state index in [4.69, 9.17) is 9.73 Å². The molecule has 7 heteroatoms. The molecule has 7 nitrogen and oxygen atoms in total. The molecule has 0 aromatic heterocycles. The van der Waals surface area contributed by atoms with Crippen LogP contribution in [0.1, 0.15) is 28.4 Å². The largest absolute Gasteiger partial charge is 0.497 e. The summed E-state index contributed by atoms with van der Waals surface area (Å²) in [5.41, 5.74) is 4.45. The van der Waals surface area contributed by atoms with Crippen molar-refractivity contribution in [3.05, 3.63) is 89.5 Å². The lowest BCUT2D eigenvalue weighted by Crippen LogP contribution is -2.55. The summed E-state index contributed by atoms with van der Waals surface area (Å²) >= 11 is 0. The molecule has 182 valence electrons. The van der Waals surface area contributed by atoms with Gasteiger partial charge in [-0.3, -0.25) is 0 Å². The number of aryl methyl sites for hydroxylation is 1. The van der Waals surface area contributed by atoms with Crippen LogP contribution in [-0.2, 0) is 6.54 Å². The average molecular weight is 473 g/mol. The number of anilines is 2. The Labute approximate surface area is 206 Å². The summed E-state index contributed by atoms with van der Waals surface area (Å²) in [6.07, 6.45) is 0. The highest BCUT2D eigenvalue weighted by Gasteiger charge is 2.26. The molecule has 0 saturated carbocycles. The number of aliphatic imine (C=N–C) groups is 1. The SMILES string of the molecule is COc1cccc(CN=C(Nc2cccc(C(=O)O)c2)N2CCN(c3cccc(C)c3)[C@H](C)C2)c1. The number of methoxy groups -OCH3 is 1. The van der Waals surface area contributed by atoms with Crippen LogP contribution < -0.4 is 15.0 Å². The molecule has 0 unspecified atom stereocenters. The van der Waals surface area contributed by atoms with E-state index < -0.39 is 5.97 Å². The fourth-order valence-corrected chi connectivity index (χ4v) is 4.35. The van der Waals surface area contributed by atoms with Crippen molar-refractivity contribution < 1.29 is 14.6 Å². The molecule has 0 bridgehead atoms. The Morgan fingerprint density at radius 3 is 2.63 bits per heavy atom. The van der Waals surface area contributed by atoms with E-state index >= 15 is 0 Å². The number of carbonyl (C=O) groups is 1. The Hall–Kier alpha value is -4.00. The Morgan fingerprint density at radius 2 is 1.89 bits per heavy atom. The molecule has 35 heavy (non-hydrogen) atoms. The van der Waals surface area contributed by atoms with Gasteiger partial charge >= 0.3 is 5.97 Å². The minimum atomic E-state index is -0.955. The number of nitrogens with one attached hydrogen (secondary N) is 1. The Morgan fingerprint density at radius 1 is 1.09 bits per heavy atom. The Bertz CT molecular complexity index is 1210. The molecule has 1 aliphatic heterocycles. The minimum Gasteiger partial charge on any atom is -0.497 e. The van der Waals surface area contributed by atoms with Gasteiger partial charge in [-0.1, -0.05) is 30.3 Å². The van der Waals surface area contributed by atoms with E-state index in [1.54, 1.807) is 25.3 Å². The highest BCUT2D eigenvalue weighted by atomic mass is 16.5. The molecule has 1 atom stereocenters. The van der Waals surface area contributed by atoms with Gasteiger partial charge in [0.05, 0.1) is 19.2 Å². The molecule has 2 N–H and O–H groups in total. The standard InChI is InChI=1S/C28H32N4O3/c1-20-7-4-11-25(15-20)32-14-13-31(19-21(32)2)28(29-18-22-8-5-12-26(16-22)35-3)30-24-10-6-9-23(17-24)27(33)34/h4-12,15-17,21H,13-14,18-19H2,1-3H3,(H,29,30)(H,33,34)/t21-/m1/s1. The quantitative estimate of drug-likeness (QED) is 0.393. The maximum absolute atomic E-state index is 11.5. The minimum absolute atomic E-state index is 0.236. The second-order valence-corrected chi connectivity index (χ2v) is 8.83. The number of carboxylic acid groups (broad SMARTS) is 1. The fraction of sp³-hybridized carbons (Fsp3) is 0.286. The van der Waals surface area contributed by atoms with Crippen LogP contribution >= 0.6 is 0 Å². The second kappa shape index (κ2) is 11.0. The van der Waals surface area contributed by atoms with Crippen molar-refractivity contribution in [2.75, 3.05) is 37.0 Å². The predicted octanol–water partition coefficient (Wildman–Crippen LogP) is 4.88. The summed E-state index contributed by atoms with van der Waals surface area (Å²) < 4.78 is 5.35. The van der Waals surface area contributed by atoms with Crippen LogP contribution in [-0.4, -0.2) is 54.7 Å². The van der Waals surface area contributed by atoms with Crippen LogP contribution in [0.4, 0.5) is 11.4 Å². The highest BCUT2D eigenvalue weighted by molar-refractivity contribution is 5.96. The van der Waals surface area contributed by atoms with Gasteiger partial charge in [0.15, 0.2) is 5.96 Å². The second-order valence-electron chi connectivity index (χ2n) is 8.83. The van der Waals surface area contributed by atoms with Gasteiger partial charge in [-0.15, -0.1) is 0 Å². The molecule has 0 aliphatic carbocycles. The van der Waals surface area contributed by atoms with E-state index in [9.17, 15) is 9.90 Å². The molecule has 1 fully saturated rings. The number of hydrogen-bond acceptors (Lipinski definition) is 4. The number of hydrogen-bond donors (Lipinski definition) is 2. The Balaban J connectivity index is 1.57. The van der Waals surface area contributed by atoms with Crippen molar-refractivity contribution >= 4 is 23.3 Å². The van der Waals surface area contributed by atoms with Crippen molar-refractivity contribution in [1.82, 2.24) is 4.90 Å². The zero-order valence-electron chi connectivity index (χ0n) is 20.4. The van der Waals surface area contributed by atoms with Gasteiger partial charge in [0.2, 0.25) is 0 Å². The van der Waals surface area contributed by atoms with E-state index in [0.29, 0.717) is 12.2 Å². The zero-order valence-corrected chi connectivity index (χ0v) is 20.4. The van der Waals surface area contributed by atoms with Crippen LogP contribution in [0.25, 0.3) is 0 Å². The number of ether oxygens (including phenoxy) is 1. The molecule has 0 spiro atoms. The van der Waals surface area contributed by atoms with Crippen LogP contribution in [0, 0.1) is 6.92 Å². The van der Waals surface area contributed by atoms with E-state index in [-0.39, 0.29) is 11.6 Å². The number of nitrogens with zero attached hydrogens (tertiary/aromatic N) is 3. The molecule has 0 radical (unpaired) electrons. The lowest BCUT2D eigenvalue weighted by molar-refractivity contribution is 0.0697. The third-order valence-corrected chi connectivity index (χ3v) is 6.17. The van der Waals surface area contributed by atoms with E-state index in [1.807, 2.05) is 30.3 Å². The van der Waals surface area contributed by atoms with Crippen LogP contribution in [0.15, 0.2) is 77.8 Å². The van der Waals surface area contributed by atoms with Crippen LogP contribution in [0.5, 0.6) is 5.75 Å². The first-order valence-corrected chi connectivity index (χ1v) is 11.8. The van der Waals surface area contributed by atoms with Crippen molar-refractivity contribution in [1.29, 1.82) is 0 Å². The van der Waals surface area contributed by atoms with E-state index in [0.717, 1.165) is 36.9 Å². The smallest absolute Gasteiger partial charge is 0.335 e. The molecule has 0 amide bonds. The predicted molar refractivity (Wildman–Crippen MR) is 141 cm³/mol. The first-order chi connectivity index (χ1) is 16.9. The number of carboxylic acids is 1. The molecule has 3 aromatic rings. The first-order valence-electron chi connectivity index (χ1n) is 11.8. The summed E-state index contributed by atoms with van der Waals surface area (Å²) in [7, 11) is 1.65. The van der Waals surface area contributed by atoms with Gasteiger partial charge in [-0.2, -0.15) is 0 Å². The van der Waals surface area contributed by atoms with Gasteiger partial charge in [0.1, 0.15) is 5.75 Å². The number of piperazine rings is 1. The number of benzene rings is 3. The first kappa shape index (κ1) is 24.1. The van der Waals surface area contributed by atoms with Crippen LogP contribution in [0.2, 0.25) is 0 Å². The molecule has 1 saturated heterocycles. The molecular weight excluding hydrogens is 440 g/mol. The van der Waals surface area contributed by atoms with Crippen LogP contribution in [0.3, 0.4) is 0 Å². The summed E-state index contributed by atoms with van der Waals surface area (Å²) in [5, 5.41) is 12.8. The van der Waals surface area contributed by atoms with Crippen molar-refractivity contribution in [2.45, 2.75) is 26.4 Å². The van der Waals surface area contributed by atoms with Crippen molar-refractivity contribution in [3.8, 4) is 5.75 Å². The lowest BCUT2D eigenvalue weighted by atomic mass is 10.1. The number of aromatic carboxylic acids is 1. The fourth-order valence-electron chi connectivity index (χ4n) is 4.35. The summed E-state index contributed by atoms with van der Waals surface area (Å²) in [4.78, 5) is 21.0. The average Bonchev–Trinajstić information content (AvgIpc) is 2.86. The normalized spacial score (nSPS) is 16.2. The third kappa shape index (κ3) is 6.12.